The fourth-order valence-corrected chi connectivity index (χ4v) is 4.96. The number of anilines is 1. The molecule has 0 aliphatic carbocycles. The van der Waals surface area contributed by atoms with Crippen LogP contribution >= 0.6 is 27.5 Å². The number of likely N-dealkylation sites (N-methyl/N-ethyl adjacent to an activating group) is 1. The fraction of sp³-hybridized carbons (Fsp3) is 0.250. The van der Waals surface area contributed by atoms with Crippen LogP contribution in [-0.4, -0.2) is 51.5 Å². The Kier molecular flexibility index (Phi) is 5.70. The summed E-state index contributed by atoms with van der Waals surface area (Å²) < 4.78 is 33.6. The molecule has 0 spiro atoms. The highest BCUT2D eigenvalue weighted by Gasteiger charge is 2.32. The molecule has 152 valence electrons. The van der Waals surface area contributed by atoms with Crippen LogP contribution in [0, 0.1) is 0 Å². The van der Waals surface area contributed by atoms with E-state index in [-0.39, 0.29) is 21.7 Å². The Bertz CT molecular complexity index is 1120. The van der Waals surface area contributed by atoms with Gasteiger partial charge in [-0.05, 0) is 43.4 Å². The van der Waals surface area contributed by atoms with Gasteiger partial charge in [-0.1, -0.05) is 39.7 Å². The van der Waals surface area contributed by atoms with Crippen molar-refractivity contribution in [2.45, 2.75) is 9.92 Å². The highest BCUT2D eigenvalue weighted by molar-refractivity contribution is 9.10. The van der Waals surface area contributed by atoms with Gasteiger partial charge in [0.05, 0.1) is 15.5 Å². The molecule has 1 fully saturated rings. The van der Waals surface area contributed by atoms with Gasteiger partial charge in [0.25, 0.3) is 0 Å². The van der Waals surface area contributed by atoms with Crippen molar-refractivity contribution in [2.24, 2.45) is 0 Å². The van der Waals surface area contributed by atoms with Gasteiger partial charge in [-0.15, -0.1) is 0 Å². The summed E-state index contributed by atoms with van der Waals surface area (Å²) >= 11 is 9.64. The summed E-state index contributed by atoms with van der Waals surface area (Å²) in [6, 6.07) is 13.6. The van der Waals surface area contributed by atoms with Gasteiger partial charge < -0.3 is 14.2 Å². The molecule has 1 saturated heterocycles. The lowest BCUT2D eigenvalue weighted by molar-refractivity contribution is 0.305. The highest BCUT2D eigenvalue weighted by atomic mass is 79.9. The minimum Gasteiger partial charge on any atom is -0.419 e. The van der Waals surface area contributed by atoms with Crippen molar-refractivity contribution < 1.29 is 12.8 Å². The summed E-state index contributed by atoms with van der Waals surface area (Å²) in [4.78, 5) is 8.68. The normalized spacial score (nSPS) is 15.6. The van der Waals surface area contributed by atoms with E-state index in [2.05, 4.69) is 25.8 Å². The first-order valence-corrected chi connectivity index (χ1v) is 11.7. The second kappa shape index (κ2) is 8.10. The number of rotatable bonds is 4. The quantitative estimate of drug-likeness (QED) is 0.535. The molecule has 0 N–H and O–H groups in total. The number of halogens is 2. The van der Waals surface area contributed by atoms with Crippen molar-refractivity contribution in [3.8, 4) is 11.5 Å². The molecule has 0 unspecified atom stereocenters. The van der Waals surface area contributed by atoms with Crippen molar-refractivity contribution in [3.05, 3.63) is 58.0 Å². The molecule has 0 bridgehead atoms. The van der Waals surface area contributed by atoms with Crippen LogP contribution in [0.5, 0.6) is 0 Å². The summed E-state index contributed by atoms with van der Waals surface area (Å²) in [5.74, 6) is 0.455. The van der Waals surface area contributed by atoms with Gasteiger partial charge in [0, 0.05) is 30.7 Å². The summed E-state index contributed by atoms with van der Waals surface area (Å²) in [5.41, 5.74) is 0.557. The molecule has 1 aliphatic heterocycles. The average Bonchev–Trinajstić information content (AvgIpc) is 3.15. The molecule has 0 saturated carbocycles. The van der Waals surface area contributed by atoms with E-state index < -0.39 is 9.84 Å². The fourth-order valence-electron chi connectivity index (χ4n) is 3.16. The van der Waals surface area contributed by atoms with E-state index in [0.717, 1.165) is 17.6 Å². The lowest BCUT2D eigenvalue weighted by Crippen LogP contribution is -2.44. The van der Waals surface area contributed by atoms with Crippen LogP contribution in [0.15, 0.2) is 67.3 Å². The molecule has 1 aliphatic rings. The summed E-state index contributed by atoms with van der Waals surface area (Å²) in [6.07, 6.45) is 0. The van der Waals surface area contributed by atoms with Gasteiger partial charge in [0.1, 0.15) is 0 Å². The Labute approximate surface area is 183 Å². The molecule has 0 atom stereocenters. The number of hydrogen-bond acceptors (Lipinski definition) is 6. The monoisotopic (exact) mass is 495 g/mol. The van der Waals surface area contributed by atoms with Gasteiger partial charge >= 0.3 is 0 Å². The van der Waals surface area contributed by atoms with Crippen LogP contribution in [0.2, 0.25) is 5.02 Å². The SMILES string of the molecule is CN1CCN(c2oc(-c3ccccc3Cl)nc2S(=O)(=O)c2ccc(Br)cc2)CC1. The number of aromatic nitrogens is 1. The third-order valence-electron chi connectivity index (χ3n) is 4.85. The maximum absolute atomic E-state index is 13.4. The third-order valence-corrected chi connectivity index (χ3v) is 7.38. The first-order valence-electron chi connectivity index (χ1n) is 9.06. The molecular formula is C20H19BrClN3O3S. The van der Waals surface area contributed by atoms with Gasteiger partial charge in [0.2, 0.25) is 26.6 Å². The molecule has 3 aromatic rings. The molecule has 4 rings (SSSR count). The predicted octanol–water partition coefficient (Wildman–Crippen LogP) is 4.34. The lowest BCUT2D eigenvalue weighted by Gasteiger charge is -2.32. The number of hydrogen-bond donors (Lipinski definition) is 0. The molecule has 0 amide bonds. The first kappa shape index (κ1) is 20.4. The van der Waals surface area contributed by atoms with E-state index in [4.69, 9.17) is 16.0 Å². The third kappa shape index (κ3) is 4.07. The zero-order valence-corrected chi connectivity index (χ0v) is 18.8. The minimum absolute atomic E-state index is 0.0840. The van der Waals surface area contributed by atoms with Crippen molar-refractivity contribution in [3.63, 3.8) is 0 Å². The Morgan fingerprint density at radius 3 is 2.34 bits per heavy atom. The van der Waals surface area contributed by atoms with E-state index >= 15 is 0 Å². The number of piperazine rings is 1. The van der Waals surface area contributed by atoms with Gasteiger partial charge in [-0.25, -0.2) is 8.42 Å². The molecule has 9 heteroatoms. The molecule has 29 heavy (non-hydrogen) atoms. The van der Waals surface area contributed by atoms with Crippen molar-refractivity contribution >= 4 is 43.3 Å². The maximum Gasteiger partial charge on any atom is 0.236 e. The molecule has 6 nitrogen and oxygen atoms in total. The van der Waals surface area contributed by atoms with Crippen LogP contribution in [0.3, 0.4) is 0 Å². The van der Waals surface area contributed by atoms with E-state index in [1.54, 1.807) is 42.5 Å². The lowest BCUT2D eigenvalue weighted by atomic mass is 10.2. The number of oxazole rings is 1. The van der Waals surface area contributed by atoms with E-state index in [9.17, 15) is 8.42 Å². The predicted molar refractivity (Wildman–Crippen MR) is 116 cm³/mol. The topological polar surface area (TPSA) is 66.7 Å². The zero-order valence-electron chi connectivity index (χ0n) is 15.7. The zero-order chi connectivity index (χ0) is 20.6. The van der Waals surface area contributed by atoms with Crippen molar-refractivity contribution in [1.82, 2.24) is 9.88 Å². The van der Waals surface area contributed by atoms with Crippen LogP contribution < -0.4 is 4.90 Å². The average molecular weight is 497 g/mol. The van der Waals surface area contributed by atoms with Crippen LogP contribution in [0.25, 0.3) is 11.5 Å². The van der Waals surface area contributed by atoms with Crippen LogP contribution in [-0.2, 0) is 9.84 Å². The molecule has 0 radical (unpaired) electrons. The summed E-state index contributed by atoms with van der Waals surface area (Å²) in [6.45, 7) is 2.91. The molecular weight excluding hydrogens is 478 g/mol. The standard InChI is InChI=1S/C20H19BrClN3O3S/c1-24-10-12-25(13-11-24)20-19(29(26,27)15-8-6-14(21)7-9-15)23-18(28-20)16-4-2-3-5-17(16)22/h2-9H,10-13H2,1H3. The maximum atomic E-state index is 13.4. The van der Waals surface area contributed by atoms with E-state index in [0.29, 0.717) is 23.7 Å². The number of sulfone groups is 1. The van der Waals surface area contributed by atoms with Crippen LogP contribution in [0.1, 0.15) is 0 Å². The smallest absolute Gasteiger partial charge is 0.236 e. The Hall–Kier alpha value is -1.87. The summed E-state index contributed by atoms with van der Waals surface area (Å²) in [7, 11) is -1.84. The molecule has 2 heterocycles. The van der Waals surface area contributed by atoms with Crippen LogP contribution in [0.4, 0.5) is 5.88 Å². The summed E-state index contributed by atoms with van der Waals surface area (Å²) in [5, 5.41) is 0.366. The second-order valence-electron chi connectivity index (χ2n) is 6.86. The van der Waals surface area contributed by atoms with Crippen molar-refractivity contribution in [1.29, 1.82) is 0 Å². The van der Waals surface area contributed by atoms with E-state index in [1.807, 2.05) is 18.0 Å². The minimum atomic E-state index is -3.87. The van der Waals surface area contributed by atoms with Crippen molar-refractivity contribution in [2.75, 3.05) is 38.1 Å². The Morgan fingerprint density at radius 1 is 1.03 bits per heavy atom. The van der Waals surface area contributed by atoms with Gasteiger partial charge in [-0.2, -0.15) is 4.98 Å². The molecule has 2 aromatic carbocycles. The highest BCUT2D eigenvalue weighted by Crippen LogP contribution is 2.37. The Balaban J connectivity index is 1.85. The van der Waals surface area contributed by atoms with Gasteiger partial charge in [-0.3, -0.25) is 0 Å². The molecule has 1 aromatic heterocycles. The Morgan fingerprint density at radius 2 is 1.69 bits per heavy atom. The number of benzene rings is 2. The van der Waals surface area contributed by atoms with E-state index in [1.165, 1.54) is 0 Å². The number of nitrogens with zero attached hydrogens (tertiary/aromatic N) is 3. The largest absolute Gasteiger partial charge is 0.419 e. The van der Waals surface area contributed by atoms with Gasteiger partial charge in [0.15, 0.2) is 0 Å². The second-order valence-corrected chi connectivity index (χ2v) is 10.0. The first-order chi connectivity index (χ1) is 13.9.